The largest absolute Gasteiger partial charge is 0.391 e. The van der Waals surface area contributed by atoms with Crippen LogP contribution in [0.2, 0.25) is 0 Å². The van der Waals surface area contributed by atoms with Crippen molar-refractivity contribution in [3.05, 3.63) is 0 Å². The third-order valence-corrected chi connectivity index (χ3v) is 1.23. The molecule has 0 bridgehead atoms. The number of rotatable bonds is 4. The maximum Gasteiger partial charge on any atom is 0.122 e. The lowest BCUT2D eigenvalue weighted by molar-refractivity contribution is -0.113. The fourth-order valence-electron chi connectivity index (χ4n) is 0.560. The number of carbonyl (C=O) groups is 1. The first kappa shape index (κ1) is 9.55. The van der Waals surface area contributed by atoms with Crippen molar-refractivity contribution in [1.82, 2.24) is 0 Å². The van der Waals surface area contributed by atoms with E-state index in [9.17, 15) is 4.79 Å². The van der Waals surface area contributed by atoms with Crippen molar-refractivity contribution in [3.63, 3.8) is 0 Å². The summed E-state index contributed by atoms with van der Waals surface area (Å²) in [7, 11) is 0. The number of aliphatic hydroxyl groups excluding tert-OH is 3. The Labute approximate surface area is 59.1 Å². The van der Waals surface area contributed by atoms with Crippen LogP contribution in [0.15, 0.2) is 0 Å². The van der Waals surface area contributed by atoms with E-state index in [4.69, 9.17) is 15.3 Å². The van der Waals surface area contributed by atoms with Crippen LogP contribution in [0.5, 0.6) is 0 Å². The number of hydrogen-bond acceptors (Lipinski definition) is 4. The lowest BCUT2D eigenvalue weighted by atomic mass is 10.1. The van der Waals surface area contributed by atoms with Crippen LogP contribution in [-0.4, -0.2) is 39.9 Å². The minimum absolute atomic E-state index is 0.147. The molecule has 4 heteroatoms. The topological polar surface area (TPSA) is 77.8 Å². The molecule has 0 aliphatic heterocycles. The zero-order chi connectivity index (χ0) is 8.15. The van der Waals surface area contributed by atoms with Crippen LogP contribution < -0.4 is 0 Å². The van der Waals surface area contributed by atoms with E-state index in [0.717, 1.165) is 0 Å². The SMILES string of the molecule is C[C@H](O)[C@@H](O)[C@@H](O)CC=O. The van der Waals surface area contributed by atoms with Crippen molar-refractivity contribution in [3.8, 4) is 0 Å². The minimum Gasteiger partial charge on any atom is -0.391 e. The van der Waals surface area contributed by atoms with Crippen LogP contribution in [0.1, 0.15) is 13.3 Å². The summed E-state index contributed by atoms with van der Waals surface area (Å²) in [6.45, 7) is 1.35. The number of aldehydes is 1. The molecule has 10 heavy (non-hydrogen) atoms. The molecule has 0 amide bonds. The molecular weight excluding hydrogens is 136 g/mol. The van der Waals surface area contributed by atoms with Gasteiger partial charge in [0.25, 0.3) is 0 Å². The van der Waals surface area contributed by atoms with E-state index >= 15 is 0 Å². The lowest BCUT2D eigenvalue weighted by Crippen LogP contribution is -2.35. The van der Waals surface area contributed by atoms with Gasteiger partial charge in [-0.1, -0.05) is 0 Å². The standard InChI is InChI=1S/C6H12O4/c1-4(8)6(10)5(9)2-3-7/h3-6,8-10H,2H2,1H3/t4-,5-,6+/m0/s1. The van der Waals surface area contributed by atoms with Crippen molar-refractivity contribution in [2.45, 2.75) is 31.7 Å². The van der Waals surface area contributed by atoms with Gasteiger partial charge in [-0.05, 0) is 6.92 Å². The van der Waals surface area contributed by atoms with E-state index in [-0.39, 0.29) is 6.42 Å². The van der Waals surface area contributed by atoms with Crippen molar-refractivity contribution in [1.29, 1.82) is 0 Å². The van der Waals surface area contributed by atoms with Crippen LogP contribution in [0.3, 0.4) is 0 Å². The Morgan fingerprint density at radius 2 is 1.90 bits per heavy atom. The third-order valence-electron chi connectivity index (χ3n) is 1.23. The molecule has 3 N–H and O–H groups in total. The Kier molecular flexibility index (Phi) is 4.18. The fraction of sp³-hybridized carbons (Fsp3) is 0.833. The van der Waals surface area contributed by atoms with Gasteiger partial charge in [-0.2, -0.15) is 0 Å². The Hall–Kier alpha value is -0.450. The van der Waals surface area contributed by atoms with E-state index in [2.05, 4.69) is 0 Å². The highest BCUT2D eigenvalue weighted by molar-refractivity contribution is 5.50. The molecule has 3 atom stereocenters. The van der Waals surface area contributed by atoms with Gasteiger partial charge in [-0.3, -0.25) is 0 Å². The Morgan fingerprint density at radius 3 is 2.20 bits per heavy atom. The predicted octanol–water partition coefficient (Wildman–Crippen LogP) is -1.32. The Bertz CT molecular complexity index is 102. The maximum absolute atomic E-state index is 9.79. The second-order valence-electron chi connectivity index (χ2n) is 2.20. The fourth-order valence-corrected chi connectivity index (χ4v) is 0.560. The maximum atomic E-state index is 9.79. The Balaban J connectivity index is 3.68. The number of aliphatic hydroxyl groups is 3. The summed E-state index contributed by atoms with van der Waals surface area (Å²) in [6, 6.07) is 0. The molecule has 0 fully saturated rings. The predicted molar refractivity (Wildman–Crippen MR) is 34.4 cm³/mol. The average Bonchev–Trinajstić information content (AvgIpc) is 1.87. The van der Waals surface area contributed by atoms with E-state index in [1.807, 2.05) is 0 Å². The quantitative estimate of drug-likeness (QED) is 0.432. The molecule has 0 aromatic rings. The smallest absolute Gasteiger partial charge is 0.122 e. The van der Waals surface area contributed by atoms with E-state index in [0.29, 0.717) is 6.29 Å². The molecule has 0 rings (SSSR count). The first-order chi connectivity index (χ1) is 4.59. The van der Waals surface area contributed by atoms with Gasteiger partial charge in [0.15, 0.2) is 0 Å². The summed E-state index contributed by atoms with van der Waals surface area (Å²) < 4.78 is 0. The normalized spacial score (nSPS) is 19.6. The summed E-state index contributed by atoms with van der Waals surface area (Å²) in [5, 5.41) is 26.4. The molecule has 0 aliphatic carbocycles. The highest BCUT2D eigenvalue weighted by Gasteiger charge is 2.19. The Morgan fingerprint density at radius 1 is 1.40 bits per heavy atom. The molecule has 60 valence electrons. The van der Waals surface area contributed by atoms with Gasteiger partial charge in [-0.25, -0.2) is 0 Å². The molecule has 0 unspecified atom stereocenters. The summed E-state index contributed by atoms with van der Waals surface area (Å²) in [5.41, 5.74) is 0. The summed E-state index contributed by atoms with van der Waals surface area (Å²) in [6.07, 6.45) is -3.04. The highest BCUT2D eigenvalue weighted by atomic mass is 16.4. The van der Waals surface area contributed by atoms with Gasteiger partial charge in [0.05, 0.1) is 12.2 Å². The molecular formula is C6H12O4. The second kappa shape index (κ2) is 4.38. The molecule has 0 saturated heterocycles. The first-order valence-electron chi connectivity index (χ1n) is 3.07. The lowest BCUT2D eigenvalue weighted by Gasteiger charge is -2.17. The van der Waals surface area contributed by atoms with Crippen molar-refractivity contribution in [2.24, 2.45) is 0 Å². The average molecular weight is 148 g/mol. The molecule has 0 radical (unpaired) electrons. The van der Waals surface area contributed by atoms with Gasteiger partial charge in [0.2, 0.25) is 0 Å². The molecule has 0 saturated carbocycles. The van der Waals surface area contributed by atoms with Gasteiger partial charge in [0, 0.05) is 6.42 Å². The van der Waals surface area contributed by atoms with Gasteiger partial charge >= 0.3 is 0 Å². The summed E-state index contributed by atoms with van der Waals surface area (Å²) >= 11 is 0. The number of carbonyl (C=O) groups excluding carboxylic acids is 1. The van der Waals surface area contributed by atoms with Crippen LogP contribution in [0.25, 0.3) is 0 Å². The van der Waals surface area contributed by atoms with E-state index < -0.39 is 18.3 Å². The minimum atomic E-state index is -1.23. The third kappa shape index (κ3) is 2.91. The molecule has 0 heterocycles. The van der Waals surface area contributed by atoms with Crippen LogP contribution in [0, 0.1) is 0 Å². The molecule has 4 nitrogen and oxygen atoms in total. The molecule has 0 aliphatic rings. The van der Waals surface area contributed by atoms with Gasteiger partial charge in [-0.15, -0.1) is 0 Å². The second-order valence-corrected chi connectivity index (χ2v) is 2.20. The monoisotopic (exact) mass is 148 g/mol. The molecule has 0 spiro atoms. The zero-order valence-corrected chi connectivity index (χ0v) is 5.77. The van der Waals surface area contributed by atoms with Gasteiger partial charge < -0.3 is 20.1 Å². The van der Waals surface area contributed by atoms with Crippen LogP contribution in [-0.2, 0) is 4.79 Å². The van der Waals surface area contributed by atoms with Crippen LogP contribution in [0.4, 0.5) is 0 Å². The van der Waals surface area contributed by atoms with Crippen molar-refractivity contribution < 1.29 is 20.1 Å². The molecule has 0 aromatic heterocycles. The van der Waals surface area contributed by atoms with Crippen molar-refractivity contribution >= 4 is 6.29 Å². The highest BCUT2D eigenvalue weighted by Crippen LogP contribution is 2.01. The summed E-state index contributed by atoms with van der Waals surface area (Å²) in [4.78, 5) is 9.79. The van der Waals surface area contributed by atoms with Crippen molar-refractivity contribution in [2.75, 3.05) is 0 Å². The summed E-state index contributed by atoms with van der Waals surface area (Å²) in [5.74, 6) is 0. The van der Waals surface area contributed by atoms with E-state index in [1.165, 1.54) is 6.92 Å². The first-order valence-corrected chi connectivity index (χ1v) is 3.07. The van der Waals surface area contributed by atoms with E-state index in [1.54, 1.807) is 0 Å². The van der Waals surface area contributed by atoms with Gasteiger partial charge in [0.1, 0.15) is 12.4 Å². The zero-order valence-electron chi connectivity index (χ0n) is 5.77. The van der Waals surface area contributed by atoms with Crippen LogP contribution >= 0.6 is 0 Å². The number of hydrogen-bond donors (Lipinski definition) is 3. The molecule has 0 aromatic carbocycles.